The fraction of sp³-hybridized carbons (Fsp3) is 0.571. The van der Waals surface area contributed by atoms with E-state index in [4.69, 9.17) is 5.73 Å². The van der Waals surface area contributed by atoms with Gasteiger partial charge in [0.2, 0.25) is 0 Å². The van der Waals surface area contributed by atoms with Gasteiger partial charge in [0.15, 0.2) is 0 Å². The molecular weight excluding hydrogens is 276 g/mol. The molecular formula is C14H21BrN2. The Morgan fingerprint density at radius 1 is 1.35 bits per heavy atom. The average molecular weight is 297 g/mol. The summed E-state index contributed by atoms with van der Waals surface area (Å²) in [5, 5.41) is 0. The van der Waals surface area contributed by atoms with Crippen molar-refractivity contribution in [3.63, 3.8) is 0 Å². The third kappa shape index (κ3) is 3.02. The normalized spacial score (nSPS) is 16.4. The molecule has 0 heterocycles. The quantitative estimate of drug-likeness (QED) is 0.921. The first kappa shape index (κ1) is 12.9. The van der Waals surface area contributed by atoms with Gasteiger partial charge in [-0.2, -0.15) is 0 Å². The number of anilines is 1. The van der Waals surface area contributed by atoms with Crippen molar-refractivity contribution < 1.29 is 0 Å². The number of rotatable bonds is 4. The van der Waals surface area contributed by atoms with Gasteiger partial charge >= 0.3 is 0 Å². The lowest BCUT2D eigenvalue weighted by atomic mass is 10.1. The second kappa shape index (κ2) is 5.87. The highest BCUT2D eigenvalue weighted by Crippen LogP contribution is 2.30. The highest BCUT2D eigenvalue weighted by molar-refractivity contribution is 9.10. The van der Waals surface area contributed by atoms with Gasteiger partial charge in [0.1, 0.15) is 0 Å². The molecule has 0 spiro atoms. The maximum atomic E-state index is 5.84. The van der Waals surface area contributed by atoms with Crippen molar-refractivity contribution in [2.24, 2.45) is 11.7 Å². The summed E-state index contributed by atoms with van der Waals surface area (Å²) in [6, 6.07) is 6.32. The maximum absolute atomic E-state index is 5.84. The molecule has 1 aliphatic rings. The fourth-order valence-electron chi connectivity index (χ4n) is 2.79. The number of nitrogens with zero attached hydrogens (tertiary/aromatic N) is 1. The maximum Gasteiger partial charge on any atom is 0.0420 e. The van der Waals surface area contributed by atoms with E-state index in [9.17, 15) is 0 Å². The Bertz CT molecular complexity index is 372. The summed E-state index contributed by atoms with van der Waals surface area (Å²) in [5.74, 6) is 0.865. The molecule has 3 heteroatoms. The zero-order valence-electron chi connectivity index (χ0n) is 10.5. The van der Waals surface area contributed by atoms with Gasteiger partial charge in [0.25, 0.3) is 0 Å². The summed E-state index contributed by atoms with van der Waals surface area (Å²) in [4.78, 5) is 2.36. The van der Waals surface area contributed by atoms with E-state index in [2.05, 4.69) is 46.1 Å². The van der Waals surface area contributed by atoms with Crippen molar-refractivity contribution in [1.29, 1.82) is 0 Å². The number of hydrogen-bond acceptors (Lipinski definition) is 2. The summed E-state index contributed by atoms with van der Waals surface area (Å²) in [5.41, 5.74) is 8.33. The largest absolute Gasteiger partial charge is 0.374 e. The van der Waals surface area contributed by atoms with E-state index in [1.807, 2.05) is 0 Å². The van der Waals surface area contributed by atoms with Crippen LogP contribution in [-0.2, 0) is 6.54 Å². The molecule has 0 radical (unpaired) electrons. The summed E-state index contributed by atoms with van der Waals surface area (Å²) in [7, 11) is 2.18. The van der Waals surface area contributed by atoms with Gasteiger partial charge in [0.05, 0.1) is 0 Å². The summed E-state index contributed by atoms with van der Waals surface area (Å²) < 4.78 is 1.12. The van der Waals surface area contributed by atoms with Crippen molar-refractivity contribution in [2.75, 3.05) is 18.5 Å². The number of nitrogens with two attached hydrogens (primary N) is 1. The lowest BCUT2D eigenvalue weighted by molar-refractivity contribution is 0.546. The topological polar surface area (TPSA) is 29.3 Å². The number of halogens is 1. The van der Waals surface area contributed by atoms with Gasteiger partial charge in [-0.25, -0.2) is 0 Å². The van der Waals surface area contributed by atoms with E-state index in [0.717, 1.165) is 16.9 Å². The van der Waals surface area contributed by atoms with Crippen LogP contribution in [0.25, 0.3) is 0 Å². The summed E-state index contributed by atoms with van der Waals surface area (Å²) in [6.07, 6.45) is 5.58. The molecule has 2 rings (SSSR count). The van der Waals surface area contributed by atoms with Gasteiger partial charge in [0, 0.05) is 35.9 Å². The molecule has 1 aromatic carbocycles. The molecule has 0 amide bonds. The molecule has 0 aliphatic heterocycles. The summed E-state index contributed by atoms with van der Waals surface area (Å²) >= 11 is 3.58. The molecule has 1 aliphatic carbocycles. The van der Waals surface area contributed by atoms with Crippen LogP contribution in [-0.4, -0.2) is 13.6 Å². The molecule has 2 N–H and O–H groups in total. The van der Waals surface area contributed by atoms with Crippen molar-refractivity contribution in [2.45, 2.75) is 32.2 Å². The minimum atomic E-state index is 0.589. The molecule has 1 aromatic rings. The first-order valence-corrected chi connectivity index (χ1v) is 7.20. The van der Waals surface area contributed by atoms with Gasteiger partial charge in [-0.3, -0.25) is 0 Å². The Labute approximate surface area is 112 Å². The molecule has 2 nitrogen and oxygen atoms in total. The van der Waals surface area contributed by atoms with E-state index in [0.29, 0.717) is 6.54 Å². The second-order valence-electron chi connectivity index (χ2n) is 4.97. The first-order chi connectivity index (χ1) is 8.22. The highest BCUT2D eigenvalue weighted by Gasteiger charge is 2.18. The molecule has 0 bridgehead atoms. The molecule has 94 valence electrons. The van der Waals surface area contributed by atoms with Gasteiger partial charge in [-0.15, -0.1) is 0 Å². The van der Waals surface area contributed by atoms with Crippen LogP contribution in [0.4, 0.5) is 5.69 Å². The predicted octanol–water partition coefficient (Wildman–Crippen LogP) is 3.53. The number of benzene rings is 1. The van der Waals surface area contributed by atoms with E-state index < -0.39 is 0 Å². The second-order valence-corrected chi connectivity index (χ2v) is 5.83. The lowest BCUT2D eigenvalue weighted by Gasteiger charge is -2.25. The van der Waals surface area contributed by atoms with Crippen molar-refractivity contribution in [3.05, 3.63) is 28.2 Å². The Kier molecular flexibility index (Phi) is 4.46. The van der Waals surface area contributed by atoms with Crippen molar-refractivity contribution >= 4 is 21.6 Å². The third-order valence-corrected chi connectivity index (χ3v) is 4.46. The summed E-state index contributed by atoms with van der Waals surface area (Å²) in [6.45, 7) is 1.75. The van der Waals surface area contributed by atoms with Crippen molar-refractivity contribution in [1.82, 2.24) is 0 Å². The van der Waals surface area contributed by atoms with E-state index in [-0.39, 0.29) is 0 Å². The minimum absolute atomic E-state index is 0.589. The predicted molar refractivity (Wildman–Crippen MR) is 77.3 cm³/mol. The lowest BCUT2D eigenvalue weighted by Crippen LogP contribution is -2.25. The van der Waals surface area contributed by atoms with Crippen LogP contribution in [0.2, 0.25) is 0 Å². The van der Waals surface area contributed by atoms with Crippen LogP contribution in [0.1, 0.15) is 31.2 Å². The highest BCUT2D eigenvalue weighted by atomic mass is 79.9. The van der Waals surface area contributed by atoms with Gasteiger partial charge in [-0.05, 0) is 30.9 Å². The minimum Gasteiger partial charge on any atom is -0.374 e. The van der Waals surface area contributed by atoms with Crippen LogP contribution in [0.3, 0.4) is 0 Å². The Morgan fingerprint density at radius 3 is 2.71 bits per heavy atom. The molecule has 0 aromatic heterocycles. The van der Waals surface area contributed by atoms with Crippen LogP contribution in [0.5, 0.6) is 0 Å². The molecule has 17 heavy (non-hydrogen) atoms. The van der Waals surface area contributed by atoms with E-state index in [1.165, 1.54) is 36.9 Å². The Hall–Kier alpha value is -0.540. The van der Waals surface area contributed by atoms with Crippen LogP contribution in [0.15, 0.2) is 22.7 Å². The smallest absolute Gasteiger partial charge is 0.0420 e. The van der Waals surface area contributed by atoms with Crippen molar-refractivity contribution in [3.8, 4) is 0 Å². The Balaban J connectivity index is 2.12. The fourth-order valence-corrected chi connectivity index (χ4v) is 3.30. The van der Waals surface area contributed by atoms with Crippen LogP contribution < -0.4 is 10.6 Å². The van der Waals surface area contributed by atoms with Crippen LogP contribution in [0, 0.1) is 5.92 Å². The zero-order valence-corrected chi connectivity index (χ0v) is 12.0. The molecule has 0 atom stereocenters. The van der Waals surface area contributed by atoms with Gasteiger partial charge < -0.3 is 10.6 Å². The number of hydrogen-bond donors (Lipinski definition) is 1. The molecule has 1 fully saturated rings. The zero-order chi connectivity index (χ0) is 12.3. The molecule has 0 saturated heterocycles. The van der Waals surface area contributed by atoms with Gasteiger partial charge in [-0.1, -0.05) is 34.8 Å². The SMILES string of the molecule is CN(CC1CCCC1)c1cccc(Br)c1CN. The third-order valence-electron chi connectivity index (χ3n) is 3.72. The monoisotopic (exact) mass is 296 g/mol. The van der Waals surface area contributed by atoms with Crippen LogP contribution >= 0.6 is 15.9 Å². The molecule has 1 saturated carbocycles. The van der Waals surface area contributed by atoms with E-state index >= 15 is 0 Å². The Morgan fingerprint density at radius 2 is 2.06 bits per heavy atom. The standard InChI is InChI=1S/C14H21BrN2/c1-17(10-11-5-2-3-6-11)14-8-4-7-13(15)12(14)9-16/h4,7-8,11H,2-3,5-6,9-10,16H2,1H3. The average Bonchev–Trinajstić information content (AvgIpc) is 2.81. The van der Waals surface area contributed by atoms with E-state index in [1.54, 1.807) is 0 Å². The first-order valence-electron chi connectivity index (χ1n) is 6.41. The molecule has 0 unspecified atom stereocenters.